The predicted molar refractivity (Wildman–Crippen MR) is 74.4 cm³/mol. The number of nitrogen functional groups attached to an aromatic ring is 2. The Morgan fingerprint density at radius 2 is 2.05 bits per heavy atom. The molecular formula is C12H17N3O3S. The molecule has 7 heteroatoms. The Labute approximate surface area is 112 Å². The van der Waals surface area contributed by atoms with Gasteiger partial charge in [0.2, 0.25) is 0 Å². The summed E-state index contributed by atoms with van der Waals surface area (Å²) in [5.41, 5.74) is 12.5. The van der Waals surface area contributed by atoms with Gasteiger partial charge in [0, 0.05) is 24.0 Å². The molecule has 6 nitrogen and oxygen atoms in total. The summed E-state index contributed by atoms with van der Waals surface area (Å²) in [5.74, 6) is -0.258. The van der Waals surface area contributed by atoms with Crippen LogP contribution in [-0.4, -0.2) is 43.3 Å². The van der Waals surface area contributed by atoms with Crippen LogP contribution >= 0.6 is 0 Å². The van der Waals surface area contributed by atoms with Gasteiger partial charge in [-0.3, -0.25) is 4.79 Å². The van der Waals surface area contributed by atoms with Crippen LogP contribution in [0.5, 0.6) is 0 Å². The van der Waals surface area contributed by atoms with Crippen LogP contribution in [0.25, 0.3) is 0 Å². The van der Waals surface area contributed by atoms with E-state index in [-0.39, 0.29) is 30.0 Å². The van der Waals surface area contributed by atoms with Gasteiger partial charge in [-0.1, -0.05) is 0 Å². The number of carbonyl (C=O) groups excluding carboxylic acids is 1. The predicted octanol–water partition coefficient (Wildman–Crippen LogP) is 0.110. The van der Waals surface area contributed by atoms with Crippen LogP contribution in [0.3, 0.4) is 0 Å². The SMILES string of the molecule is CC1CS(=O)(=O)CCN1C(=O)c1ccc(N)cc1N. The molecule has 0 bridgehead atoms. The molecule has 1 aromatic rings. The summed E-state index contributed by atoms with van der Waals surface area (Å²) in [6.07, 6.45) is 0. The molecule has 1 aliphatic heterocycles. The third-order valence-corrected chi connectivity index (χ3v) is 5.03. The van der Waals surface area contributed by atoms with Gasteiger partial charge >= 0.3 is 0 Å². The molecule has 19 heavy (non-hydrogen) atoms. The highest BCUT2D eigenvalue weighted by Crippen LogP contribution is 2.21. The Morgan fingerprint density at radius 3 is 2.63 bits per heavy atom. The largest absolute Gasteiger partial charge is 0.399 e. The van der Waals surface area contributed by atoms with Gasteiger partial charge in [0.05, 0.1) is 17.1 Å². The molecule has 1 fully saturated rings. The third-order valence-electron chi connectivity index (χ3n) is 3.24. The summed E-state index contributed by atoms with van der Waals surface area (Å²) in [5, 5.41) is 0. The first-order valence-electron chi connectivity index (χ1n) is 5.96. The standard InChI is InChI=1S/C12H17N3O3S/c1-8-7-19(17,18)5-4-15(8)12(16)10-3-2-9(13)6-11(10)14/h2-3,6,8H,4-5,7,13-14H2,1H3. The molecule has 1 unspecified atom stereocenters. The quantitative estimate of drug-likeness (QED) is 0.711. The molecule has 0 aromatic heterocycles. The fourth-order valence-electron chi connectivity index (χ4n) is 2.23. The van der Waals surface area contributed by atoms with Crippen LogP contribution in [0.4, 0.5) is 11.4 Å². The van der Waals surface area contributed by atoms with Gasteiger partial charge in [0.25, 0.3) is 5.91 Å². The summed E-state index contributed by atoms with van der Waals surface area (Å²) < 4.78 is 23.0. The average molecular weight is 283 g/mol. The van der Waals surface area contributed by atoms with E-state index in [1.54, 1.807) is 24.0 Å². The molecule has 0 saturated carbocycles. The second kappa shape index (κ2) is 4.73. The number of carbonyl (C=O) groups is 1. The van der Waals surface area contributed by atoms with E-state index in [9.17, 15) is 13.2 Å². The monoisotopic (exact) mass is 283 g/mol. The van der Waals surface area contributed by atoms with Gasteiger partial charge in [-0.05, 0) is 25.1 Å². The molecule has 2 rings (SSSR count). The van der Waals surface area contributed by atoms with Crippen LogP contribution in [0.2, 0.25) is 0 Å². The van der Waals surface area contributed by atoms with Crippen LogP contribution in [0, 0.1) is 0 Å². The zero-order valence-electron chi connectivity index (χ0n) is 10.7. The number of nitrogens with zero attached hydrogens (tertiary/aromatic N) is 1. The van der Waals surface area contributed by atoms with Crippen molar-refractivity contribution in [3.05, 3.63) is 23.8 Å². The minimum atomic E-state index is -3.04. The van der Waals surface area contributed by atoms with E-state index < -0.39 is 9.84 Å². The minimum Gasteiger partial charge on any atom is -0.399 e. The number of amides is 1. The van der Waals surface area contributed by atoms with E-state index in [0.29, 0.717) is 16.9 Å². The van der Waals surface area contributed by atoms with Crippen molar-refractivity contribution < 1.29 is 13.2 Å². The number of sulfone groups is 1. The highest BCUT2D eigenvalue weighted by atomic mass is 32.2. The highest BCUT2D eigenvalue weighted by Gasteiger charge is 2.32. The number of hydrogen-bond donors (Lipinski definition) is 2. The molecule has 4 N–H and O–H groups in total. The molecule has 1 amide bonds. The van der Waals surface area contributed by atoms with Crippen molar-refractivity contribution in [2.75, 3.05) is 29.5 Å². The molecule has 104 valence electrons. The molecule has 1 heterocycles. The van der Waals surface area contributed by atoms with Crippen LogP contribution in [0.15, 0.2) is 18.2 Å². The van der Waals surface area contributed by atoms with Crippen molar-refractivity contribution in [2.24, 2.45) is 0 Å². The normalized spacial score (nSPS) is 22.2. The van der Waals surface area contributed by atoms with Gasteiger partial charge in [-0.25, -0.2) is 8.42 Å². The Morgan fingerprint density at radius 1 is 1.37 bits per heavy atom. The van der Waals surface area contributed by atoms with E-state index in [2.05, 4.69) is 0 Å². The van der Waals surface area contributed by atoms with Crippen molar-refractivity contribution in [2.45, 2.75) is 13.0 Å². The van der Waals surface area contributed by atoms with Crippen LogP contribution in [0.1, 0.15) is 17.3 Å². The maximum atomic E-state index is 12.4. The summed E-state index contributed by atoms with van der Waals surface area (Å²) in [6.45, 7) is 1.92. The Hall–Kier alpha value is -1.76. The fourth-order valence-corrected chi connectivity index (χ4v) is 3.79. The van der Waals surface area contributed by atoms with Gasteiger partial charge in [0.15, 0.2) is 9.84 Å². The van der Waals surface area contributed by atoms with Crippen LogP contribution in [-0.2, 0) is 9.84 Å². The molecule has 0 radical (unpaired) electrons. The Balaban J connectivity index is 2.25. The second-order valence-electron chi connectivity index (χ2n) is 4.81. The lowest BCUT2D eigenvalue weighted by Gasteiger charge is -2.33. The molecule has 1 aromatic carbocycles. The zero-order valence-corrected chi connectivity index (χ0v) is 11.5. The Kier molecular flexibility index (Phi) is 3.40. The van der Waals surface area contributed by atoms with Gasteiger partial charge in [0.1, 0.15) is 0 Å². The molecule has 1 atom stereocenters. The number of rotatable bonds is 1. The summed E-state index contributed by atoms with van der Waals surface area (Å²) >= 11 is 0. The fraction of sp³-hybridized carbons (Fsp3) is 0.417. The summed E-state index contributed by atoms with van der Waals surface area (Å²) in [6, 6.07) is 4.36. The topological polar surface area (TPSA) is 106 Å². The molecule has 1 aliphatic rings. The average Bonchev–Trinajstić information content (AvgIpc) is 2.26. The second-order valence-corrected chi connectivity index (χ2v) is 7.04. The first-order chi connectivity index (χ1) is 8.80. The maximum absolute atomic E-state index is 12.4. The number of benzene rings is 1. The first-order valence-corrected chi connectivity index (χ1v) is 7.79. The van der Waals surface area contributed by atoms with Crippen molar-refractivity contribution in [3.8, 4) is 0 Å². The third kappa shape index (κ3) is 2.81. The first kappa shape index (κ1) is 13.7. The molecule has 0 spiro atoms. The van der Waals surface area contributed by atoms with Crippen molar-refractivity contribution in [3.63, 3.8) is 0 Å². The number of hydrogen-bond acceptors (Lipinski definition) is 5. The lowest BCUT2D eigenvalue weighted by atomic mass is 10.1. The smallest absolute Gasteiger partial charge is 0.256 e. The van der Waals surface area contributed by atoms with Crippen molar-refractivity contribution >= 4 is 27.1 Å². The van der Waals surface area contributed by atoms with E-state index in [0.717, 1.165) is 0 Å². The molecule has 0 aliphatic carbocycles. The van der Waals surface area contributed by atoms with Gasteiger partial charge in [-0.15, -0.1) is 0 Å². The lowest BCUT2D eigenvalue weighted by Crippen LogP contribution is -2.49. The maximum Gasteiger partial charge on any atom is 0.256 e. The van der Waals surface area contributed by atoms with E-state index >= 15 is 0 Å². The zero-order chi connectivity index (χ0) is 14.2. The van der Waals surface area contributed by atoms with E-state index in [1.165, 1.54) is 6.07 Å². The van der Waals surface area contributed by atoms with E-state index in [1.807, 2.05) is 0 Å². The number of nitrogens with two attached hydrogens (primary N) is 2. The van der Waals surface area contributed by atoms with Crippen molar-refractivity contribution in [1.29, 1.82) is 0 Å². The number of anilines is 2. The Bertz CT molecular complexity index is 613. The summed E-state index contributed by atoms with van der Waals surface area (Å²) in [4.78, 5) is 13.9. The molecular weight excluding hydrogens is 266 g/mol. The van der Waals surface area contributed by atoms with Gasteiger partial charge in [-0.2, -0.15) is 0 Å². The van der Waals surface area contributed by atoms with Crippen molar-refractivity contribution in [1.82, 2.24) is 4.90 Å². The van der Waals surface area contributed by atoms with E-state index in [4.69, 9.17) is 11.5 Å². The lowest BCUT2D eigenvalue weighted by molar-refractivity contribution is 0.0714. The van der Waals surface area contributed by atoms with Crippen LogP contribution < -0.4 is 11.5 Å². The molecule has 1 saturated heterocycles. The summed E-state index contributed by atoms with van der Waals surface area (Å²) in [7, 11) is -3.04. The highest BCUT2D eigenvalue weighted by molar-refractivity contribution is 7.91. The van der Waals surface area contributed by atoms with Gasteiger partial charge < -0.3 is 16.4 Å². The minimum absolute atomic E-state index is 0.00203.